The van der Waals surface area contributed by atoms with Crippen molar-refractivity contribution in [1.82, 2.24) is 9.80 Å². The van der Waals surface area contributed by atoms with Crippen molar-refractivity contribution in [3.8, 4) is 0 Å². The summed E-state index contributed by atoms with van der Waals surface area (Å²) in [6, 6.07) is 1.28. The number of piperidine rings is 1. The summed E-state index contributed by atoms with van der Waals surface area (Å²) in [5, 5.41) is 0. The van der Waals surface area contributed by atoms with Crippen LogP contribution in [0.4, 0.5) is 0 Å². The van der Waals surface area contributed by atoms with Crippen molar-refractivity contribution in [3.05, 3.63) is 0 Å². The van der Waals surface area contributed by atoms with Gasteiger partial charge in [-0.15, -0.1) is 0 Å². The average Bonchev–Trinajstić information content (AvgIpc) is 2.63. The minimum absolute atomic E-state index is 0.0131. The Hall–Kier alpha value is -0.610. The van der Waals surface area contributed by atoms with Crippen LogP contribution in [0.15, 0.2) is 0 Å². The quantitative estimate of drug-likeness (QED) is 0.689. The van der Waals surface area contributed by atoms with Crippen molar-refractivity contribution in [2.75, 3.05) is 26.7 Å². The van der Waals surface area contributed by atoms with Crippen LogP contribution in [0.3, 0.4) is 0 Å². The second-order valence-corrected chi connectivity index (χ2v) is 5.91. The van der Waals surface area contributed by atoms with Crippen LogP contribution in [0.2, 0.25) is 0 Å². The Balaban J connectivity index is 1.71. The van der Waals surface area contributed by atoms with Crippen LogP contribution in [0.25, 0.3) is 0 Å². The summed E-state index contributed by atoms with van der Waals surface area (Å²) < 4.78 is 5.67. The summed E-state index contributed by atoms with van der Waals surface area (Å²) in [6.45, 7) is 7.09. The van der Waals surface area contributed by atoms with E-state index in [9.17, 15) is 4.79 Å². The molecule has 0 aliphatic carbocycles. The van der Waals surface area contributed by atoms with E-state index < -0.39 is 0 Å². The molecule has 0 aromatic carbocycles. The number of rotatable bonds is 6. The fourth-order valence-electron chi connectivity index (χ4n) is 3.49. The van der Waals surface area contributed by atoms with Crippen molar-refractivity contribution < 1.29 is 9.53 Å². The van der Waals surface area contributed by atoms with Gasteiger partial charge in [-0.25, -0.2) is 0 Å². The molecule has 2 atom stereocenters. The first kappa shape index (κ1) is 14.8. The molecule has 4 heteroatoms. The first-order valence-corrected chi connectivity index (χ1v) is 7.77. The van der Waals surface area contributed by atoms with Crippen LogP contribution in [-0.2, 0) is 9.53 Å². The fourth-order valence-corrected chi connectivity index (χ4v) is 3.49. The molecular weight excluding hydrogens is 240 g/mol. The van der Waals surface area contributed by atoms with Gasteiger partial charge in [-0.3, -0.25) is 4.79 Å². The Kier molecular flexibility index (Phi) is 5.22. The van der Waals surface area contributed by atoms with Gasteiger partial charge < -0.3 is 14.5 Å². The lowest BCUT2D eigenvalue weighted by Gasteiger charge is -2.35. The average molecular weight is 268 g/mol. The van der Waals surface area contributed by atoms with Crippen molar-refractivity contribution >= 4 is 5.97 Å². The minimum atomic E-state index is -0.0131. The number of esters is 1. The van der Waals surface area contributed by atoms with Gasteiger partial charge in [-0.2, -0.15) is 0 Å². The maximum atomic E-state index is 11.9. The molecule has 2 aliphatic rings. The van der Waals surface area contributed by atoms with E-state index in [0.717, 1.165) is 32.5 Å². The van der Waals surface area contributed by atoms with Crippen LogP contribution in [0.5, 0.6) is 0 Å². The summed E-state index contributed by atoms with van der Waals surface area (Å²) in [6.07, 6.45) is 5.30. The van der Waals surface area contributed by atoms with Gasteiger partial charge in [-0.05, 0) is 45.8 Å². The van der Waals surface area contributed by atoms with Crippen LogP contribution in [0, 0.1) is 0 Å². The Morgan fingerprint density at radius 3 is 2.32 bits per heavy atom. The number of carbonyl (C=O) groups is 1. The molecule has 0 aromatic rings. The molecular formula is C15H28N2O2. The van der Waals surface area contributed by atoms with Crippen LogP contribution < -0.4 is 0 Å². The second kappa shape index (κ2) is 6.71. The number of ether oxygens (including phenoxy) is 1. The molecule has 2 saturated heterocycles. The second-order valence-electron chi connectivity index (χ2n) is 5.91. The van der Waals surface area contributed by atoms with E-state index in [1.807, 2.05) is 0 Å². The Morgan fingerprint density at radius 2 is 1.79 bits per heavy atom. The standard InChI is InChI=1S/C15H28N2O2/c1-4-17(5-2)9-8-15(18)19-14-10-12-6-7-13(11-14)16(12)3/h12-14H,4-11H2,1-3H3. The van der Waals surface area contributed by atoms with E-state index in [2.05, 4.69) is 30.7 Å². The Bertz CT molecular complexity index is 291. The monoisotopic (exact) mass is 268 g/mol. The molecule has 2 heterocycles. The molecule has 0 aromatic heterocycles. The summed E-state index contributed by atoms with van der Waals surface area (Å²) >= 11 is 0. The normalized spacial score (nSPS) is 30.8. The molecule has 2 rings (SSSR count). The molecule has 0 spiro atoms. The summed E-state index contributed by atoms with van der Waals surface area (Å²) in [5.74, 6) is -0.0131. The van der Waals surface area contributed by atoms with Crippen LogP contribution in [-0.4, -0.2) is 60.6 Å². The largest absolute Gasteiger partial charge is 0.462 e. The topological polar surface area (TPSA) is 32.8 Å². The highest BCUT2D eigenvalue weighted by Crippen LogP contribution is 2.35. The fraction of sp³-hybridized carbons (Fsp3) is 0.933. The summed E-state index contributed by atoms with van der Waals surface area (Å²) in [5.41, 5.74) is 0. The number of fused-ring (bicyclic) bond motifs is 2. The zero-order valence-electron chi connectivity index (χ0n) is 12.6. The molecule has 19 heavy (non-hydrogen) atoms. The van der Waals surface area contributed by atoms with E-state index in [0.29, 0.717) is 18.5 Å². The molecule has 0 N–H and O–H groups in total. The molecule has 2 bridgehead atoms. The van der Waals surface area contributed by atoms with Gasteiger partial charge in [0.05, 0.1) is 6.42 Å². The molecule has 0 saturated carbocycles. The van der Waals surface area contributed by atoms with E-state index in [-0.39, 0.29) is 12.1 Å². The van der Waals surface area contributed by atoms with Crippen molar-refractivity contribution in [2.45, 2.75) is 64.1 Å². The number of hydrogen-bond donors (Lipinski definition) is 0. The van der Waals surface area contributed by atoms with E-state index >= 15 is 0 Å². The first-order valence-electron chi connectivity index (χ1n) is 7.77. The van der Waals surface area contributed by atoms with Crippen molar-refractivity contribution in [1.29, 1.82) is 0 Å². The van der Waals surface area contributed by atoms with Gasteiger partial charge in [0, 0.05) is 18.6 Å². The lowest BCUT2D eigenvalue weighted by atomic mass is 10.0. The lowest BCUT2D eigenvalue weighted by molar-refractivity contribution is -0.152. The molecule has 2 fully saturated rings. The zero-order chi connectivity index (χ0) is 13.8. The van der Waals surface area contributed by atoms with Crippen LogP contribution in [0.1, 0.15) is 46.0 Å². The van der Waals surface area contributed by atoms with Gasteiger partial charge in [0.2, 0.25) is 0 Å². The predicted octanol–water partition coefficient (Wildman–Crippen LogP) is 1.89. The maximum Gasteiger partial charge on any atom is 0.307 e. The van der Waals surface area contributed by atoms with E-state index in [1.165, 1.54) is 12.8 Å². The number of nitrogens with zero attached hydrogens (tertiary/aromatic N) is 2. The van der Waals surface area contributed by atoms with Gasteiger partial charge in [-0.1, -0.05) is 13.8 Å². The van der Waals surface area contributed by atoms with Crippen molar-refractivity contribution in [3.63, 3.8) is 0 Å². The lowest BCUT2D eigenvalue weighted by Crippen LogP contribution is -2.43. The maximum absolute atomic E-state index is 11.9. The zero-order valence-corrected chi connectivity index (χ0v) is 12.6. The van der Waals surface area contributed by atoms with Crippen molar-refractivity contribution in [2.24, 2.45) is 0 Å². The van der Waals surface area contributed by atoms with E-state index in [4.69, 9.17) is 4.74 Å². The van der Waals surface area contributed by atoms with Gasteiger partial charge in [0.25, 0.3) is 0 Å². The highest BCUT2D eigenvalue weighted by Gasteiger charge is 2.39. The molecule has 110 valence electrons. The highest BCUT2D eigenvalue weighted by molar-refractivity contribution is 5.69. The molecule has 2 aliphatic heterocycles. The first-order chi connectivity index (χ1) is 9.13. The Morgan fingerprint density at radius 1 is 1.21 bits per heavy atom. The predicted molar refractivity (Wildman–Crippen MR) is 76.1 cm³/mol. The molecule has 2 unspecified atom stereocenters. The molecule has 0 amide bonds. The Labute approximate surface area is 117 Å². The van der Waals surface area contributed by atoms with Crippen LogP contribution >= 0.6 is 0 Å². The molecule has 0 radical (unpaired) electrons. The third kappa shape index (κ3) is 3.69. The molecule has 4 nitrogen and oxygen atoms in total. The van der Waals surface area contributed by atoms with Gasteiger partial charge in [0.15, 0.2) is 0 Å². The number of hydrogen-bond acceptors (Lipinski definition) is 4. The van der Waals surface area contributed by atoms with Gasteiger partial charge in [0.1, 0.15) is 6.10 Å². The van der Waals surface area contributed by atoms with Gasteiger partial charge >= 0.3 is 5.97 Å². The third-order valence-corrected chi connectivity index (χ3v) is 4.88. The highest BCUT2D eigenvalue weighted by atomic mass is 16.5. The summed E-state index contributed by atoms with van der Waals surface area (Å²) in [4.78, 5) is 16.6. The minimum Gasteiger partial charge on any atom is -0.462 e. The SMILES string of the molecule is CCN(CC)CCC(=O)OC1CC2CCC(C1)N2C. The third-order valence-electron chi connectivity index (χ3n) is 4.88. The smallest absolute Gasteiger partial charge is 0.307 e. The summed E-state index contributed by atoms with van der Waals surface area (Å²) in [7, 11) is 2.21. The number of carbonyl (C=O) groups excluding carboxylic acids is 1. The van der Waals surface area contributed by atoms with E-state index in [1.54, 1.807) is 0 Å².